The third-order valence-electron chi connectivity index (χ3n) is 5.39. The average Bonchev–Trinajstić information content (AvgIpc) is 2.91. The molecule has 0 radical (unpaired) electrons. The molecular formula is C27H20O2. The van der Waals surface area contributed by atoms with Gasteiger partial charge in [-0.2, -0.15) is 0 Å². The largest absolute Gasteiger partial charge is 0.422 e. The lowest BCUT2D eigenvalue weighted by molar-refractivity contribution is 0.536. The third kappa shape index (κ3) is 2.94. The molecule has 0 aliphatic heterocycles. The van der Waals surface area contributed by atoms with Crippen molar-refractivity contribution in [1.29, 1.82) is 0 Å². The van der Waals surface area contributed by atoms with Crippen molar-refractivity contribution >= 4 is 10.8 Å². The van der Waals surface area contributed by atoms with Gasteiger partial charge in [-0.05, 0) is 42.7 Å². The van der Waals surface area contributed by atoms with Crippen LogP contribution in [0.4, 0.5) is 0 Å². The zero-order valence-electron chi connectivity index (χ0n) is 16.4. The lowest BCUT2D eigenvalue weighted by Gasteiger charge is -2.13. The summed E-state index contributed by atoms with van der Waals surface area (Å²) in [6.45, 7) is 4.12. The van der Waals surface area contributed by atoms with Gasteiger partial charge in [0.2, 0.25) is 0 Å². The Labute approximate surface area is 169 Å². The maximum absolute atomic E-state index is 13.0. The highest BCUT2D eigenvalue weighted by Gasteiger charge is 2.22. The molecule has 2 heteroatoms. The molecule has 2 nitrogen and oxygen atoms in total. The van der Waals surface area contributed by atoms with Crippen LogP contribution in [-0.2, 0) is 0 Å². The van der Waals surface area contributed by atoms with Crippen LogP contribution in [-0.4, -0.2) is 0 Å². The Bertz CT molecular complexity index is 1390. The van der Waals surface area contributed by atoms with E-state index in [9.17, 15) is 4.79 Å². The van der Waals surface area contributed by atoms with Gasteiger partial charge in [-0.15, -0.1) is 0 Å². The minimum atomic E-state index is -0.299. The predicted molar refractivity (Wildman–Crippen MR) is 119 cm³/mol. The smallest absolute Gasteiger partial charge is 0.344 e. The number of hydrogen-bond donors (Lipinski definition) is 0. The van der Waals surface area contributed by atoms with E-state index in [1.807, 2.05) is 61.5 Å². The molecular weight excluding hydrogens is 356 g/mol. The molecule has 0 amide bonds. The van der Waals surface area contributed by atoms with Gasteiger partial charge in [0.1, 0.15) is 5.76 Å². The molecule has 0 atom stereocenters. The molecule has 140 valence electrons. The molecule has 0 bridgehead atoms. The van der Waals surface area contributed by atoms with Crippen LogP contribution < -0.4 is 5.63 Å². The van der Waals surface area contributed by atoms with Gasteiger partial charge in [0.15, 0.2) is 0 Å². The van der Waals surface area contributed by atoms with Crippen LogP contribution in [0.2, 0.25) is 0 Å². The predicted octanol–water partition coefficient (Wildman–Crippen LogP) is 6.85. The second kappa shape index (κ2) is 6.75. The first-order chi connectivity index (χ1) is 14.1. The van der Waals surface area contributed by atoms with Crippen molar-refractivity contribution in [3.63, 3.8) is 0 Å². The number of aryl methyl sites for hydroxylation is 2. The fourth-order valence-electron chi connectivity index (χ4n) is 4.10. The number of hydrogen-bond acceptors (Lipinski definition) is 2. The Hall–Kier alpha value is -3.65. The first kappa shape index (κ1) is 17.4. The first-order valence-corrected chi connectivity index (χ1v) is 9.74. The van der Waals surface area contributed by atoms with E-state index in [2.05, 4.69) is 37.3 Å². The zero-order chi connectivity index (χ0) is 20.0. The molecule has 2 aromatic carbocycles. The van der Waals surface area contributed by atoms with Crippen molar-refractivity contribution in [2.24, 2.45) is 0 Å². The van der Waals surface area contributed by atoms with E-state index in [1.54, 1.807) is 0 Å². The first-order valence-electron chi connectivity index (χ1n) is 9.74. The molecule has 0 unspecified atom stereocenters. The summed E-state index contributed by atoms with van der Waals surface area (Å²) >= 11 is 0. The fourth-order valence-corrected chi connectivity index (χ4v) is 4.10. The summed E-state index contributed by atoms with van der Waals surface area (Å²) in [5.41, 5.74) is 7.01. The number of rotatable bonds is 2. The highest BCUT2D eigenvalue weighted by molar-refractivity contribution is 6.12. The van der Waals surface area contributed by atoms with Crippen LogP contribution in [0.1, 0.15) is 11.1 Å². The lowest BCUT2D eigenvalue weighted by Crippen LogP contribution is -2.01. The van der Waals surface area contributed by atoms with Crippen molar-refractivity contribution in [1.82, 2.24) is 0 Å². The van der Waals surface area contributed by atoms with Crippen LogP contribution in [0.3, 0.4) is 0 Å². The third-order valence-corrected chi connectivity index (χ3v) is 5.39. The second-order valence-corrected chi connectivity index (χ2v) is 7.55. The minimum Gasteiger partial charge on any atom is -0.422 e. The van der Waals surface area contributed by atoms with Crippen molar-refractivity contribution < 1.29 is 4.42 Å². The molecule has 0 saturated carbocycles. The van der Waals surface area contributed by atoms with Gasteiger partial charge in [-0.1, -0.05) is 83.9 Å². The lowest BCUT2D eigenvalue weighted by atomic mass is 9.94. The van der Waals surface area contributed by atoms with E-state index in [-0.39, 0.29) is 5.63 Å². The van der Waals surface area contributed by atoms with E-state index < -0.39 is 0 Å². The Morgan fingerprint density at radius 1 is 0.655 bits per heavy atom. The van der Waals surface area contributed by atoms with Gasteiger partial charge in [0.25, 0.3) is 0 Å². The monoisotopic (exact) mass is 376 g/mol. The van der Waals surface area contributed by atoms with E-state index in [0.717, 1.165) is 38.8 Å². The molecule has 0 fully saturated rings. The molecule has 2 aliphatic rings. The number of benzene rings is 2. The molecule has 1 heterocycles. The van der Waals surface area contributed by atoms with E-state index in [4.69, 9.17) is 4.42 Å². The van der Waals surface area contributed by atoms with Gasteiger partial charge in [-0.3, -0.25) is 0 Å². The summed E-state index contributed by atoms with van der Waals surface area (Å²) in [4.78, 5) is 13.0. The Balaban J connectivity index is 1.99. The van der Waals surface area contributed by atoms with Gasteiger partial charge in [0, 0.05) is 16.5 Å². The van der Waals surface area contributed by atoms with E-state index >= 15 is 0 Å². The van der Waals surface area contributed by atoms with E-state index in [0.29, 0.717) is 11.1 Å². The summed E-state index contributed by atoms with van der Waals surface area (Å²) in [5.74, 6) is 0.621. The molecule has 1 aromatic heterocycles. The van der Waals surface area contributed by atoms with E-state index in [1.165, 1.54) is 5.56 Å². The summed E-state index contributed by atoms with van der Waals surface area (Å²) in [6.07, 6.45) is 0. The van der Waals surface area contributed by atoms with Crippen molar-refractivity contribution in [2.75, 3.05) is 0 Å². The van der Waals surface area contributed by atoms with Crippen LogP contribution in [0.15, 0.2) is 94.1 Å². The van der Waals surface area contributed by atoms with Gasteiger partial charge in [0.05, 0.1) is 5.39 Å². The standard InChI is InChI=1S/C27H20O2/c1-17-8-6-11-20(14-17)24-25-22-13-5-3-4-10-19(22)16-23(25)27(28)29-26(24)21-12-7-9-18(2)15-21/h3-16H,1-2H3. The molecule has 5 rings (SSSR count). The highest BCUT2D eigenvalue weighted by atomic mass is 16.4. The summed E-state index contributed by atoms with van der Waals surface area (Å²) in [7, 11) is 0. The van der Waals surface area contributed by atoms with Crippen molar-refractivity contribution in [2.45, 2.75) is 13.8 Å². The quantitative estimate of drug-likeness (QED) is 0.337. The SMILES string of the molecule is Cc1cccc(-c2oc(=O)c3cc4cccccc-4c3c2-c2cccc(C)c2)c1. The second-order valence-electron chi connectivity index (χ2n) is 7.55. The van der Waals surface area contributed by atoms with Crippen LogP contribution in [0, 0.1) is 13.8 Å². The molecule has 3 aromatic rings. The Morgan fingerprint density at radius 2 is 1.31 bits per heavy atom. The van der Waals surface area contributed by atoms with Crippen LogP contribution in [0.25, 0.3) is 44.3 Å². The molecule has 2 aliphatic carbocycles. The highest BCUT2D eigenvalue weighted by Crippen LogP contribution is 2.43. The number of fused-ring (bicyclic) bond motifs is 3. The maximum Gasteiger partial charge on any atom is 0.344 e. The van der Waals surface area contributed by atoms with Crippen molar-refractivity contribution in [3.05, 3.63) is 106 Å². The maximum atomic E-state index is 13.0. The van der Waals surface area contributed by atoms with Gasteiger partial charge < -0.3 is 4.42 Å². The van der Waals surface area contributed by atoms with Crippen LogP contribution >= 0.6 is 0 Å². The molecule has 0 saturated heterocycles. The van der Waals surface area contributed by atoms with Gasteiger partial charge in [-0.25, -0.2) is 4.79 Å². The Morgan fingerprint density at radius 3 is 2.07 bits per heavy atom. The fraction of sp³-hybridized carbons (Fsp3) is 0.0741. The Kier molecular flexibility index (Phi) is 4.06. The molecule has 29 heavy (non-hydrogen) atoms. The molecule has 0 N–H and O–H groups in total. The summed E-state index contributed by atoms with van der Waals surface area (Å²) in [5, 5.41) is 1.58. The average molecular weight is 376 g/mol. The summed E-state index contributed by atoms with van der Waals surface area (Å²) < 4.78 is 5.95. The zero-order valence-corrected chi connectivity index (χ0v) is 16.4. The van der Waals surface area contributed by atoms with Crippen molar-refractivity contribution in [3.8, 4) is 33.6 Å². The normalized spacial score (nSPS) is 11.2. The molecule has 0 spiro atoms. The van der Waals surface area contributed by atoms with Crippen LogP contribution in [0.5, 0.6) is 0 Å². The minimum absolute atomic E-state index is 0.299. The summed E-state index contributed by atoms with van der Waals surface area (Å²) in [6, 6.07) is 28.6. The topological polar surface area (TPSA) is 30.2 Å². The van der Waals surface area contributed by atoms with Gasteiger partial charge >= 0.3 is 5.63 Å².